The number of rotatable bonds is 7. The smallest absolute Gasteiger partial charge is 0.337 e. The van der Waals surface area contributed by atoms with Gasteiger partial charge < -0.3 is 20.1 Å². The first kappa shape index (κ1) is 25.7. The third kappa shape index (κ3) is 6.66. The maximum Gasteiger partial charge on any atom is 0.337 e. The predicted octanol–water partition coefficient (Wildman–Crippen LogP) is 4.41. The molecule has 0 spiro atoms. The molecule has 2 N–H and O–H groups in total. The van der Waals surface area contributed by atoms with E-state index in [1.807, 2.05) is 0 Å². The van der Waals surface area contributed by atoms with E-state index >= 15 is 0 Å². The Morgan fingerprint density at radius 2 is 1.46 bits per heavy atom. The SMILES string of the molecule is COC(=O)c1cccc(C(=O)NC2CCC(NC(=O)c3cc(F)cnc3Oc3ccc(F)cc3)CC2)c1. The van der Waals surface area contributed by atoms with Gasteiger partial charge in [0.15, 0.2) is 0 Å². The van der Waals surface area contributed by atoms with Gasteiger partial charge in [0.05, 0.1) is 18.9 Å². The van der Waals surface area contributed by atoms with E-state index in [0.717, 1.165) is 12.3 Å². The molecule has 8 nitrogen and oxygen atoms in total. The lowest BCUT2D eigenvalue weighted by molar-refractivity contribution is 0.0600. The number of ether oxygens (including phenoxy) is 2. The highest BCUT2D eigenvalue weighted by atomic mass is 19.1. The summed E-state index contributed by atoms with van der Waals surface area (Å²) in [4.78, 5) is 41.2. The Balaban J connectivity index is 1.33. The van der Waals surface area contributed by atoms with Crippen molar-refractivity contribution in [1.82, 2.24) is 15.6 Å². The van der Waals surface area contributed by atoms with Crippen LogP contribution >= 0.6 is 0 Å². The van der Waals surface area contributed by atoms with Crippen molar-refractivity contribution in [3.05, 3.63) is 89.1 Å². The van der Waals surface area contributed by atoms with Gasteiger partial charge in [0.25, 0.3) is 11.8 Å². The fourth-order valence-electron chi connectivity index (χ4n) is 4.10. The molecule has 0 bridgehead atoms. The molecule has 0 radical (unpaired) electrons. The van der Waals surface area contributed by atoms with Crippen LogP contribution in [0.25, 0.3) is 0 Å². The summed E-state index contributed by atoms with van der Waals surface area (Å²) in [5.41, 5.74) is 0.562. The molecule has 192 valence electrons. The number of methoxy groups -OCH3 is 1. The first-order valence-electron chi connectivity index (χ1n) is 11.7. The van der Waals surface area contributed by atoms with Crippen molar-refractivity contribution in [3.8, 4) is 11.6 Å². The highest BCUT2D eigenvalue weighted by molar-refractivity contribution is 5.98. The molecule has 3 aromatic rings. The van der Waals surface area contributed by atoms with Gasteiger partial charge in [0.2, 0.25) is 5.88 Å². The van der Waals surface area contributed by atoms with Crippen LogP contribution < -0.4 is 15.4 Å². The number of hydrogen-bond donors (Lipinski definition) is 2. The number of pyridine rings is 1. The Bertz CT molecular complexity index is 1290. The Morgan fingerprint density at radius 1 is 0.838 bits per heavy atom. The van der Waals surface area contributed by atoms with Crippen LogP contribution in [0.5, 0.6) is 11.6 Å². The summed E-state index contributed by atoms with van der Waals surface area (Å²) in [6.45, 7) is 0. The summed E-state index contributed by atoms with van der Waals surface area (Å²) in [5.74, 6) is -2.35. The molecule has 0 atom stereocenters. The number of carbonyl (C=O) groups excluding carboxylic acids is 3. The summed E-state index contributed by atoms with van der Waals surface area (Å²) in [6, 6.07) is 12.2. The van der Waals surface area contributed by atoms with Crippen molar-refractivity contribution in [2.45, 2.75) is 37.8 Å². The predicted molar refractivity (Wildman–Crippen MR) is 129 cm³/mol. The van der Waals surface area contributed by atoms with Gasteiger partial charge in [-0.05, 0) is 74.2 Å². The first-order valence-corrected chi connectivity index (χ1v) is 11.7. The number of hydrogen-bond acceptors (Lipinski definition) is 6. The van der Waals surface area contributed by atoms with E-state index in [2.05, 4.69) is 15.6 Å². The van der Waals surface area contributed by atoms with Gasteiger partial charge in [-0.15, -0.1) is 0 Å². The number of amides is 2. The lowest BCUT2D eigenvalue weighted by atomic mass is 9.90. The van der Waals surface area contributed by atoms with E-state index in [0.29, 0.717) is 31.2 Å². The largest absolute Gasteiger partial charge is 0.465 e. The van der Waals surface area contributed by atoms with E-state index < -0.39 is 23.5 Å². The van der Waals surface area contributed by atoms with Gasteiger partial charge in [0.1, 0.15) is 22.9 Å². The van der Waals surface area contributed by atoms with E-state index in [1.165, 1.54) is 37.4 Å². The zero-order chi connectivity index (χ0) is 26.4. The highest BCUT2D eigenvalue weighted by Crippen LogP contribution is 2.25. The zero-order valence-corrected chi connectivity index (χ0v) is 20.0. The van der Waals surface area contributed by atoms with Gasteiger partial charge in [-0.25, -0.2) is 18.6 Å². The average molecular weight is 510 g/mol. The maximum atomic E-state index is 13.9. The molecule has 1 aliphatic rings. The normalized spacial score (nSPS) is 16.9. The Labute approximate surface area is 212 Å². The Hall–Kier alpha value is -4.34. The minimum atomic E-state index is -0.695. The second-order valence-electron chi connectivity index (χ2n) is 8.63. The lowest BCUT2D eigenvalue weighted by Crippen LogP contribution is -2.44. The van der Waals surface area contributed by atoms with E-state index in [1.54, 1.807) is 18.2 Å². The highest BCUT2D eigenvalue weighted by Gasteiger charge is 2.26. The van der Waals surface area contributed by atoms with Crippen molar-refractivity contribution in [2.75, 3.05) is 7.11 Å². The number of benzene rings is 2. The van der Waals surface area contributed by atoms with Crippen LogP contribution in [-0.2, 0) is 4.74 Å². The number of nitrogens with zero attached hydrogens (tertiary/aromatic N) is 1. The first-order chi connectivity index (χ1) is 17.8. The molecule has 1 aromatic heterocycles. The topological polar surface area (TPSA) is 107 Å². The molecule has 1 saturated carbocycles. The fraction of sp³-hybridized carbons (Fsp3) is 0.259. The molecular formula is C27H25F2N3O5. The van der Waals surface area contributed by atoms with Crippen LogP contribution in [0.2, 0.25) is 0 Å². The molecule has 2 amide bonds. The van der Waals surface area contributed by atoms with Crippen LogP contribution in [0.3, 0.4) is 0 Å². The molecule has 1 fully saturated rings. The number of esters is 1. The van der Waals surface area contributed by atoms with Crippen molar-refractivity contribution < 1.29 is 32.6 Å². The third-order valence-electron chi connectivity index (χ3n) is 6.03. The van der Waals surface area contributed by atoms with E-state index in [9.17, 15) is 23.2 Å². The maximum absolute atomic E-state index is 13.9. The zero-order valence-electron chi connectivity index (χ0n) is 20.0. The molecule has 0 saturated heterocycles. The van der Waals surface area contributed by atoms with Crippen molar-refractivity contribution in [3.63, 3.8) is 0 Å². The molecular weight excluding hydrogens is 484 g/mol. The summed E-state index contributed by atoms with van der Waals surface area (Å²) in [7, 11) is 1.27. The minimum Gasteiger partial charge on any atom is -0.465 e. The van der Waals surface area contributed by atoms with Crippen molar-refractivity contribution in [2.24, 2.45) is 0 Å². The number of aromatic nitrogens is 1. The summed E-state index contributed by atoms with van der Waals surface area (Å²) in [5, 5.41) is 5.84. The number of carbonyl (C=O) groups is 3. The van der Waals surface area contributed by atoms with Gasteiger partial charge >= 0.3 is 5.97 Å². The molecule has 10 heteroatoms. The van der Waals surface area contributed by atoms with Gasteiger partial charge in [-0.3, -0.25) is 9.59 Å². The van der Waals surface area contributed by atoms with E-state index in [4.69, 9.17) is 9.47 Å². The van der Waals surface area contributed by atoms with Crippen molar-refractivity contribution >= 4 is 17.8 Å². The standard InChI is InChI=1S/C27H25F2N3O5/c1-36-27(35)17-4-2-3-16(13-17)24(33)31-20-7-9-21(10-8-20)32-25(34)23-14-19(29)15-30-26(23)37-22-11-5-18(28)6-12-22/h2-6,11-15,20-21H,7-10H2,1H3,(H,31,33)(H,32,34). The Kier molecular flexibility index (Phi) is 8.07. The van der Waals surface area contributed by atoms with Crippen LogP contribution in [0, 0.1) is 11.6 Å². The third-order valence-corrected chi connectivity index (χ3v) is 6.03. The summed E-state index contributed by atoms with van der Waals surface area (Å²) < 4.78 is 37.3. The monoisotopic (exact) mass is 509 g/mol. The average Bonchev–Trinajstić information content (AvgIpc) is 2.91. The summed E-state index contributed by atoms with van der Waals surface area (Å²) >= 11 is 0. The molecule has 37 heavy (non-hydrogen) atoms. The van der Waals surface area contributed by atoms with Gasteiger partial charge in [0, 0.05) is 17.6 Å². The quantitative estimate of drug-likeness (QED) is 0.457. The molecule has 1 heterocycles. The van der Waals surface area contributed by atoms with Crippen LogP contribution in [0.15, 0.2) is 60.8 Å². The molecule has 2 aromatic carbocycles. The fourth-order valence-corrected chi connectivity index (χ4v) is 4.10. The molecule has 1 aliphatic carbocycles. The summed E-state index contributed by atoms with van der Waals surface area (Å²) in [6.07, 6.45) is 3.36. The Morgan fingerprint density at radius 3 is 2.11 bits per heavy atom. The van der Waals surface area contributed by atoms with Crippen molar-refractivity contribution in [1.29, 1.82) is 0 Å². The molecule has 0 unspecified atom stereocenters. The second-order valence-corrected chi connectivity index (χ2v) is 8.63. The van der Waals surface area contributed by atoms with E-state index in [-0.39, 0.29) is 40.7 Å². The van der Waals surface area contributed by atoms with Gasteiger partial charge in [-0.1, -0.05) is 6.07 Å². The van der Waals surface area contributed by atoms with Crippen LogP contribution in [0.4, 0.5) is 8.78 Å². The number of halogens is 2. The molecule has 4 rings (SSSR count). The lowest BCUT2D eigenvalue weighted by Gasteiger charge is -2.29. The number of nitrogens with one attached hydrogen (secondary N) is 2. The van der Waals surface area contributed by atoms with Crippen LogP contribution in [0.1, 0.15) is 56.8 Å². The van der Waals surface area contributed by atoms with Crippen LogP contribution in [-0.4, -0.2) is 42.0 Å². The molecule has 0 aliphatic heterocycles. The second kappa shape index (κ2) is 11.6. The van der Waals surface area contributed by atoms with Gasteiger partial charge in [-0.2, -0.15) is 0 Å². The minimum absolute atomic E-state index is 0.0785.